The van der Waals surface area contributed by atoms with Crippen molar-refractivity contribution < 1.29 is 9.59 Å². The Morgan fingerprint density at radius 1 is 1.45 bits per heavy atom. The second-order valence-corrected chi connectivity index (χ2v) is 1.94. The first kappa shape index (κ1) is 9.81. The number of amides is 1. The molecule has 0 atom stereocenters. The van der Waals surface area contributed by atoms with Crippen LogP contribution in [0.4, 0.5) is 0 Å². The maximum Gasteiger partial charge on any atom is 0.227 e. The molecule has 0 saturated carbocycles. The number of rotatable bonds is 5. The third-order valence-corrected chi connectivity index (χ3v) is 1.23. The van der Waals surface area contributed by atoms with Gasteiger partial charge in [0.1, 0.15) is 5.71 Å². The van der Waals surface area contributed by atoms with E-state index in [1.807, 2.05) is 6.92 Å². The summed E-state index contributed by atoms with van der Waals surface area (Å²) in [5, 5.41) is 3.58. The minimum atomic E-state index is -0.0261. The van der Waals surface area contributed by atoms with E-state index in [2.05, 4.69) is 10.5 Å². The molecule has 0 aromatic carbocycles. The molecule has 4 heteroatoms. The number of ketones is 1. The average molecular weight is 156 g/mol. The molecule has 0 radical (unpaired) electrons. The van der Waals surface area contributed by atoms with Crippen LogP contribution >= 0.6 is 0 Å². The molecular weight excluding hydrogens is 144 g/mol. The normalized spacial score (nSPS) is 10.9. The molecule has 0 unspecified atom stereocenters. The molecule has 0 fully saturated rings. The first-order valence-electron chi connectivity index (χ1n) is 3.55. The van der Waals surface area contributed by atoms with Gasteiger partial charge in [-0.05, 0) is 6.42 Å². The molecule has 0 aliphatic heterocycles. The van der Waals surface area contributed by atoms with Crippen molar-refractivity contribution in [1.29, 1.82) is 0 Å². The summed E-state index contributed by atoms with van der Waals surface area (Å²) >= 11 is 0. The molecule has 0 aliphatic carbocycles. The SMILES string of the molecule is CCC(=O)/C(CC)=N/NC=O. The molecule has 0 saturated heterocycles. The van der Waals surface area contributed by atoms with Crippen LogP contribution in [0.2, 0.25) is 0 Å². The molecule has 0 aromatic heterocycles. The highest BCUT2D eigenvalue weighted by molar-refractivity contribution is 6.39. The number of carbonyl (C=O) groups is 2. The van der Waals surface area contributed by atoms with Crippen molar-refractivity contribution in [2.75, 3.05) is 0 Å². The molecule has 1 N–H and O–H groups in total. The Morgan fingerprint density at radius 3 is 2.45 bits per heavy atom. The molecule has 0 rings (SSSR count). The van der Waals surface area contributed by atoms with Crippen LogP contribution in [0, 0.1) is 0 Å². The zero-order valence-electron chi connectivity index (χ0n) is 6.76. The standard InChI is InChI=1S/C7H12N2O2/c1-3-6(7(11)4-2)9-8-5-10/h5H,3-4H2,1-2H3,(H,8,10)/b9-6+. The van der Waals surface area contributed by atoms with Gasteiger partial charge in [0.2, 0.25) is 6.41 Å². The van der Waals surface area contributed by atoms with Crippen LogP contribution in [-0.4, -0.2) is 17.9 Å². The number of nitrogens with one attached hydrogen (secondary N) is 1. The van der Waals surface area contributed by atoms with E-state index in [0.717, 1.165) is 0 Å². The van der Waals surface area contributed by atoms with Crippen LogP contribution in [0.15, 0.2) is 5.10 Å². The zero-order chi connectivity index (χ0) is 8.69. The van der Waals surface area contributed by atoms with E-state index in [-0.39, 0.29) is 5.78 Å². The van der Waals surface area contributed by atoms with E-state index in [1.54, 1.807) is 6.92 Å². The van der Waals surface area contributed by atoms with Gasteiger partial charge in [0.05, 0.1) is 0 Å². The molecule has 4 nitrogen and oxygen atoms in total. The summed E-state index contributed by atoms with van der Waals surface area (Å²) in [5.41, 5.74) is 2.52. The fourth-order valence-corrected chi connectivity index (χ4v) is 0.647. The summed E-state index contributed by atoms with van der Waals surface area (Å²) in [7, 11) is 0. The van der Waals surface area contributed by atoms with E-state index < -0.39 is 0 Å². The fraction of sp³-hybridized carbons (Fsp3) is 0.571. The van der Waals surface area contributed by atoms with Crippen LogP contribution in [0.3, 0.4) is 0 Å². The van der Waals surface area contributed by atoms with Crippen molar-refractivity contribution in [3.63, 3.8) is 0 Å². The highest BCUT2D eigenvalue weighted by Crippen LogP contribution is 1.90. The average Bonchev–Trinajstić information content (AvgIpc) is 2.05. The van der Waals surface area contributed by atoms with Gasteiger partial charge in [0, 0.05) is 6.42 Å². The van der Waals surface area contributed by atoms with Gasteiger partial charge < -0.3 is 0 Å². The lowest BCUT2D eigenvalue weighted by molar-refractivity contribution is -0.112. The number of hydrazone groups is 1. The summed E-state index contributed by atoms with van der Waals surface area (Å²) < 4.78 is 0. The Kier molecular flexibility index (Phi) is 4.98. The minimum Gasteiger partial charge on any atom is -0.293 e. The van der Waals surface area contributed by atoms with Gasteiger partial charge in [-0.15, -0.1) is 0 Å². The van der Waals surface area contributed by atoms with Crippen LogP contribution in [0.1, 0.15) is 26.7 Å². The summed E-state index contributed by atoms with van der Waals surface area (Å²) in [5.74, 6) is -0.0261. The predicted molar refractivity (Wildman–Crippen MR) is 42.2 cm³/mol. The number of hydrogen-bond acceptors (Lipinski definition) is 3. The quantitative estimate of drug-likeness (QED) is 0.357. The first-order valence-corrected chi connectivity index (χ1v) is 3.55. The molecular formula is C7H12N2O2. The topological polar surface area (TPSA) is 58.5 Å². The summed E-state index contributed by atoms with van der Waals surface area (Å²) in [6.45, 7) is 3.58. The number of nitrogens with zero attached hydrogens (tertiary/aromatic N) is 1. The van der Waals surface area contributed by atoms with E-state index in [0.29, 0.717) is 25.0 Å². The minimum absolute atomic E-state index is 0.0261. The van der Waals surface area contributed by atoms with Gasteiger partial charge in [-0.2, -0.15) is 5.10 Å². The Labute approximate surface area is 65.7 Å². The van der Waals surface area contributed by atoms with Crippen molar-refractivity contribution in [3.8, 4) is 0 Å². The molecule has 0 spiro atoms. The van der Waals surface area contributed by atoms with Crippen LogP contribution < -0.4 is 5.43 Å². The van der Waals surface area contributed by atoms with Gasteiger partial charge in [0.25, 0.3) is 0 Å². The second-order valence-electron chi connectivity index (χ2n) is 1.94. The summed E-state index contributed by atoms with van der Waals surface area (Å²) in [6, 6.07) is 0. The van der Waals surface area contributed by atoms with E-state index >= 15 is 0 Å². The van der Waals surface area contributed by atoms with Crippen LogP contribution in [0.5, 0.6) is 0 Å². The van der Waals surface area contributed by atoms with Crippen molar-refractivity contribution in [3.05, 3.63) is 0 Å². The molecule has 1 amide bonds. The Hall–Kier alpha value is -1.19. The van der Waals surface area contributed by atoms with Gasteiger partial charge >= 0.3 is 0 Å². The molecule has 0 heterocycles. The molecule has 62 valence electrons. The fourth-order valence-electron chi connectivity index (χ4n) is 0.647. The Morgan fingerprint density at radius 2 is 2.09 bits per heavy atom. The van der Waals surface area contributed by atoms with E-state index in [9.17, 15) is 9.59 Å². The third kappa shape index (κ3) is 3.50. The summed E-state index contributed by atoms with van der Waals surface area (Å²) in [4.78, 5) is 20.8. The van der Waals surface area contributed by atoms with Gasteiger partial charge in [-0.1, -0.05) is 13.8 Å². The van der Waals surface area contributed by atoms with Crippen molar-refractivity contribution in [2.45, 2.75) is 26.7 Å². The zero-order valence-corrected chi connectivity index (χ0v) is 6.76. The van der Waals surface area contributed by atoms with Crippen molar-refractivity contribution in [1.82, 2.24) is 5.43 Å². The van der Waals surface area contributed by atoms with Crippen LogP contribution in [0.25, 0.3) is 0 Å². The highest BCUT2D eigenvalue weighted by atomic mass is 16.1. The molecule has 0 bridgehead atoms. The van der Waals surface area contributed by atoms with E-state index in [1.165, 1.54) is 0 Å². The predicted octanol–water partition coefficient (Wildman–Crippen LogP) is 0.478. The molecule has 0 aromatic rings. The molecule has 11 heavy (non-hydrogen) atoms. The third-order valence-electron chi connectivity index (χ3n) is 1.23. The van der Waals surface area contributed by atoms with E-state index in [4.69, 9.17) is 0 Å². The summed E-state index contributed by atoms with van der Waals surface area (Å²) in [6.07, 6.45) is 1.42. The van der Waals surface area contributed by atoms with Gasteiger partial charge in [0.15, 0.2) is 5.78 Å². The second kappa shape index (κ2) is 5.58. The molecule has 0 aliphatic rings. The number of carbonyl (C=O) groups excluding carboxylic acids is 2. The van der Waals surface area contributed by atoms with Crippen LogP contribution in [-0.2, 0) is 9.59 Å². The lowest BCUT2D eigenvalue weighted by Gasteiger charge is -1.97. The van der Waals surface area contributed by atoms with Gasteiger partial charge in [-0.25, -0.2) is 5.43 Å². The highest BCUT2D eigenvalue weighted by Gasteiger charge is 2.05. The maximum atomic E-state index is 11.0. The monoisotopic (exact) mass is 156 g/mol. The lowest BCUT2D eigenvalue weighted by atomic mass is 10.1. The first-order chi connectivity index (χ1) is 5.26. The largest absolute Gasteiger partial charge is 0.293 e. The Bertz CT molecular complexity index is 175. The van der Waals surface area contributed by atoms with Crippen molar-refractivity contribution >= 4 is 17.9 Å². The Balaban J connectivity index is 4.13. The van der Waals surface area contributed by atoms with Crippen molar-refractivity contribution in [2.24, 2.45) is 5.10 Å². The lowest BCUT2D eigenvalue weighted by Crippen LogP contribution is -2.16. The number of Topliss-reactive ketones (excluding diaryl/α,β-unsaturated/α-hetero) is 1. The van der Waals surface area contributed by atoms with Gasteiger partial charge in [-0.3, -0.25) is 9.59 Å². The maximum absolute atomic E-state index is 11.0. The number of hydrogen-bond donors (Lipinski definition) is 1. The smallest absolute Gasteiger partial charge is 0.227 e.